The van der Waals surface area contributed by atoms with Gasteiger partial charge in [0.2, 0.25) is 0 Å². The fourth-order valence-electron chi connectivity index (χ4n) is 2.30. The Morgan fingerprint density at radius 2 is 2.28 bits per heavy atom. The predicted molar refractivity (Wildman–Crippen MR) is 76.5 cm³/mol. The van der Waals surface area contributed by atoms with Crippen molar-refractivity contribution in [1.82, 2.24) is 14.8 Å². The maximum Gasteiger partial charge on any atom is 0.0627 e. The topological polar surface area (TPSA) is 19.4 Å². The van der Waals surface area contributed by atoms with Crippen LogP contribution in [-0.2, 0) is 0 Å². The summed E-state index contributed by atoms with van der Waals surface area (Å²) in [4.78, 5) is 9.19. The predicted octanol–water partition coefficient (Wildman–Crippen LogP) is 2.04. The normalized spacial score (nSPS) is 21.2. The second-order valence-electron chi connectivity index (χ2n) is 5.33. The molecular weight excluding hydrogens is 222 g/mol. The van der Waals surface area contributed by atoms with Crippen molar-refractivity contribution in [2.75, 3.05) is 33.7 Å². The van der Waals surface area contributed by atoms with E-state index in [2.05, 4.69) is 60.1 Å². The SMILES string of the molecule is Cc1ccc(/C=C/CN2CCC(N(C)C)C2)nc1. The van der Waals surface area contributed by atoms with Crippen LogP contribution >= 0.6 is 0 Å². The molecule has 1 aromatic rings. The van der Waals surface area contributed by atoms with E-state index in [1.165, 1.54) is 25.1 Å². The molecular formula is C15H23N3. The summed E-state index contributed by atoms with van der Waals surface area (Å²) in [5.41, 5.74) is 2.25. The Hall–Kier alpha value is -1.19. The lowest BCUT2D eigenvalue weighted by Gasteiger charge is -2.19. The van der Waals surface area contributed by atoms with E-state index in [-0.39, 0.29) is 0 Å². The number of hydrogen-bond donors (Lipinski definition) is 0. The van der Waals surface area contributed by atoms with Gasteiger partial charge in [-0.2, -0.15) is 0 Å². The summed E-state index contributed by atoms with van der Waals surface area (Å²) in [5.74, 6) is 0. The minimum Gasteiger partial charge on any atom is -0.305 e. The fraction of sp³-hybridized carbons (Fsp3) is 0.533. The highest BCUT2D eigenvalue weighted by Crippen LogP contribution is 2.12. The third-order valence-electron chi connectivity index (χ3n) is 3.56. The highest BCUT2D eigenvalue weighted by Gasteiger charge is 2.22. The molecule has 3 heteroatoms. The maximum atomic E-state index is 4.37. The lowest BCUT2D eigenvalue weighted by molar-refractivity contribution is 0.280. The van der Waals surface area contributed by atoms with Crippen molar-refractivity contribution in [2.45, 2.75) is 19.4 Å². The number of hydrogen-bond acceptors (Lipinski definition) is 3. The molecule has 0 aliphatic carbocycles. The minimum atomic E-state index is 0.718. The second-order valence-corrected chi connectivity index (χ2v) is 5.33. The molecule has 0 radical (unpaired) electrons. The molecule has 0 aromatic carbocycles. The van der Waals surface area contributed by atoms with Crippen LogP contribution in [0.5, 0.6) is 0 Å². The van der Waals surface area contributed by atoms with Crippen molar-refractivity contribution in [3.63, 3.8) is 0 Å². The summed E-state index contributed by atoms with van der Waals surface area (Å²) < 4.78 is 0. The van der Waals surface area contributed by atoms with E-state index in [4.69, 9.17) is 0 Å². The van der Waals surface area contributed by atoms with E-state index < -0.39 is 0 Å². The summed E-state index contributed by atoms with van der Waals surface area (Å²) in [6.07, 6.45) is 7.53. The first kappa shape index (κ1) is 13.2. The van der Waals surface area contributed by atoms with Crippen LogP contribution in [0.2, 0.25) is 0 Å². The zero-order valence-electron chi connectivity index (χ0n) is 11.6. The van der Waals surface area contributed by atoms with Gasteiger partial charge in [-0.15, -0.1) is 0 Å². The van der Waals surface area contributed by atoms with Crippen LogP contribution in [0.15, 0.2) is 24.4 Å². The number of aryl methyl sites for hydroxylation is 1. The van der Waals surface area contributed by atoms with Gasteiger partial charge in [-0.3, -0.25) is 9.88 Å². The van der Waals surface area contributed by atoms with Gasteiger partial charge in [-0.1, -0.05) is 12.1 Å². The molecule has 98 valence electrons. The van der Waals surface area contributed by atoms with Crippen LogP contribution in [0.3, 0.4) is 0 Å². The number of likely N-dealkylation sites (N-methyl/N-ethyl adjacent to an activating group) is 1. The Bertz CT molecular complexity index is 395. The number of aromatic nitrogens is 1. The number of rotatable bonds is 4. The number of likely N-dealkylation sites (tertiary alicyclic amines) is 1. The third kappa shape index (κ3) is 3.65. The van der Waals surface area contributed by atoms with E-state index >= 15 is 0 Å². The van der Waals surface area contributed by atoms with E-state index in [1.807, 2.05) is 6.20 Å². The summed E-state index contributed by atoms with van der Waals surface area (Å²) in [6.45, 7) is 5.47. The van der Waals surface area contributed by atoms with Gasteiger partial charge in [-0.05, 0) is 45.1 Å². The quantitative estimate of drug-likeness (QED) is 0.809. The van der Waals surface area contributed by atoms with Gasteiger partial charge in [0.25, 0.3) is 0 Å². The van der Waals surface area contributed by atoms with Gasteiger partial charge in [0.05, 0.1) is 5.69 Å². The molecule has 2 rings (SSSR count). The molecule has 1 unspecified atom stereocenters. The molecule has 0 amide bonds. The largest absolute Gasteiger partial charge is 0.305 e. The second kappa shape index (κ2) is 6.12. The molecule has 1 aliphatic rings. The first-order valence-corrected chi connectivity index (χ1v) is 6.63. The molecule has 0 spiro atoms. The minimum absolute atomic E-state index is 0.718. The zero-order chi connectivity index (χ0) is 13.0. The Kier molecular flexibility index (Phi) is 4.50. The van der Waals surface area contributed by atoms with E-state index in [1.54, 1.807) is 0 Å². The average molecular weight is 245 g/mol. The third-order valence-corrected chi connectivity index (χ3v) is 3.56. The molecule has 0 N–H and O–H groups in total. The summed E-state index contributed by atoms with van der Waals surface area (Å²) in [6, 6.07) is 4.89. The monoisotopic (exact) mass is 245 g/mol. The van der Waals surface area contributed by atoms with Crippen LogP contribution in [0.4, 0.5) is 0 Å². The lowest BCUT2D eigenvalue weighted by Crippen LogP contribution is -2.31. The smallest absolute Gasteiger partial charge is 0.0627 e. The number of pyridine rings is 1. The molecule has 1 atom stereocenters. The molecule has 1 aliphatic heterocycles. The van der Waals surface area contributed by atoms with Crippen molar-refractivity contribution >= 4 is 6.08 Å². The van der Waals surface area contributed by atoms with E-state index in [0.29, 0.717) is 0 Å². The van der Waals surface area contributed by atoms with Crippen LogP contribution in [0.25, 0.3) is 6.08 Å². The molecule has 1 aromatic heterocycles. The van der Waals surface area contributed by atoms with Crippen molar-refractivity contribution in [3.8, 4) is 0 Å². The lowest BCUT2D eigenvalue weighted by atomic mass is 10.2. The van der Waals surface area contributed by atoms with Crippen molar-refractivity contribution in [1.29, 1.82) is 0 Å². The average Bonchev–Trinajstić information content (AvgIpc) is 2.81. The van der Waals surface area contributed by atoms with Gasteiger partial charge in [0, 0.05) is 31.9 Å². The Morgan fingerprint density at radius 3 is 2.89 bits per heavy atom. The van der Waals surface area contributed by atoms with Crippen molar-refractivity contribution in [3.05, 3.63) is 35.7 Å². The Morgan fingerprint density at radius 1 is 1.44 bits per heavy atom. The first-order valence-electron chi connectivity index (χ1n) is 6.63. The highest BCUT2D eigenvalue weighted by molar-refractivity contribution is 5.44. The molecule has 18 heavy (non-hydrogen) atoms. The maximum absolute atomic E-state index is 4.37. The fourth-order valence-corrected chi connectivity index (χ4v) is 2.30. The van der Waals surface area contributed by atoms with E-state index in [9.17, 15) is 0 Å². The highest BCUT2D eigenvalue weighted by atomic mass is 15.2. The van der Waals surface area contributed by atoms with Gasteiger partial charge in [0.1, 0.15) is 0 Å². The number of nitrogens with zero attached hydrogens (tertiary/aromatic N) is 3. The first-order chi connectivity index (χ1) is 8.65. The molecule has 2 heterocycles. The van der Waals surface area contributed by atoms with E-state index in [0.717, 1.165) is 18.3 Å². The Balaban J connectivity index is 1.80. The van der Waals surface area contributed by atoms with Crippen LogP contribution in [-0.4, -0.2) is 54.6 Å². The van der Waals surface area contributed by atoms with Crippen LogP contribution in [0, 0.1) is 6.92 Å². The van der Waals surface area contributed by atoms with Crippen LogP contribution < -0.4 is 0 Å². The molecule has 1 saturated heterocycles. The summed E-state index contributed by atoms with van der Waals surface area (Å²) >= 11 is 0. The van der Waals surface area contributed by atoms with Crippen LogP contribution in [0.1, 0.15) is 17.7 Å². The Labute approximate surface area is 110 Å². The molecule has 3 nitrogen and oxygen atoms in total. The standard InChI is InChI=1S/C15H23N3/c1-13-6-7-14(16-11-13)5-4-9-18-10-8-15(12-18)17(2)3/h4-7,11,15H,8-10,12H2,1-3H3/b5-4+. The van der Waals surface area contributed by atoms with Gasteiger partial charge in [0.15, 0.2) is 0 Å². The van der Waals surface area contributed by atoms with Gasteiger partial charge < -0.3 is 4.90 Å². The zero-order valence-corrected chi connectivity index (χ0v) is 11.6. The van der Waals surface area contributed by atoms with Crippen molar-refractivity contribution < 1.29 is 0 Å². The summed E-state index contributed by atoms with van der Waals surface area (Å²) in [5, 5.41) is 0. The summed E-state index contributed by atoms with van der Waals surface area (Å²) in [7, 11) is 4.33. The van der Waals surface area contributed by atoms with Gasteiger partial charge >= 0.3 is 0 Å². The van der Waals surface area contributed by atoms with Crippen molar-refractivity contribution in [2.24, 2.45) is 0 Å². The molecule has 1 fully saturated rings. The van der Waals surface area contributed by atoms with Gasteiger partial charge in [-0.25, -0.2) is 0 Å². The molecule has 0 bridgehead atoms. The molecule has 0 saturated carbocycles.